The lowest BCUT2D eigenvalue weighted by Gasteiger charge is -2.28. The zero-order valence-corrected chi connectivity index (χ0v) is 16.7. The number of hydrogen-bond donors (Lipinski definition) is 1. The number of nitro benzene ring substituents is 1. The summed E-state index contributed by atoms with van der Waals surface area (Å²) >= 11 is 0. The van der Waals surface area contributed by atoms with E-state index in [0.717, 1.165) is 0 Å². The van der Waals surface area contributed by atoms with Crippen molar-refractivity contribution >= 4 is 28.2 Å². The Morgan fingerprint density at radius 3 is 2.74 bits per heavy atom. The lowest BCUT2D eigenvalue weighted by molar-refractivity contribution is -0.384. The maximum absolute atomic E-state index is 12.6. The SMILES string of the molecule is C[C@H](OC(=O)c1ccc(N2CCOCC2)c([N+](=O)[O-])c1)c1nc2ccccc2c(=O)[nH]1. The van der Waals surface area contributed by atoms with Gasteiger partial charge in [-0.25, -0.2) is 9.78 Å². The molecule has 31 heavy (non-hydrogen) atoms. The standard InChI is InChI=1S/C21H20N4O6/c1-13(19-22-16-5-3-2-4-15(16)20(26)23-19)31-21(27)14-6-7-17(18(12-14)25(28)29)24-8-10-30-11-9-24/h2-7,12-13H,8-11H2,1H3,(H,22,23,26)/t13-/m0/s1. The van der Waals surface area contributed by atoms with E-state index in [4.69, 9.17) is 9.47 Å². The molecule has 4 rings (SSSR count). The van der Waals surface area contributed by atoms with Crippen LogP contribution in [0.25, 0.3) is 10.9 Å². The number of benzene rings is 2. The monoisotopic (exact) mass is 424 g/mol. The highest BCUT2D eigenvalue weighted by atomic mass is 16.6. The maximum Gasteiger partial charge on any atom is 0.339 e. The number of nitrogens with zero attached hydrogens (tertiary/aromatic N) is 3. The number of nitrogens with one attached hydrogen (secondary N) is 1. The summed E-state index contributed by atoms with van der Waals surface area (Å²) in [5.74, 6) is -0.559. The minimum absolute atomic E-state index is 0.0405. The summed E-state index contributed by atoms with van der Waals surface area (Å²) in [4.78, 5) is 44.8. The number of ether oxygens (including phenoxy) is 2. The number of esters is 1. The molecule has 1 aliphatic rings. The maximum atomic E-state index is 12.6. The van der Waals surface area contributed by atoms with Gasteiger partial charge in [-0.3, -0.25) is 14.9 Å². The summed E-state index contributed by atoms with van der Waals surface area (Å²) in [6.45, 7) is 3.59. The molecule has 0 saturated carbocycles. The van der Waals surface area contributed by atoms with E-state index in [-0.39, 0.29) is 22.6 Å². The summed E-state index contributed by atoms with van der Waals surface area (Å²) < 4.78 is 10.7. The Balaban J connectivity index is 1.57. The topological polar surface area (TPSA) is 128 Å². The first-order valence-corrected chi connectivity index (χ1v) is 9.75. The van der Waals surface area contributed by atoms with Crippen LogP contribution in [0.2, 0.25) is 0 Å². The number of anilines is 1. The first-order valence-electron chi connectivity index (χ1n) is 9.75. The summed E-state index contributed by atoms with van der Waals surface area (Å²) in [6.07, 6.45) is -0.859. The number of rotatable bonds is 5. The summed E-state index contributed by atoms with van der Waals surface area (Å²) in [6, 6.07) is 11.1. The number of nitro groups is 1. The van der Waals surface area contributed by atoms with Crippen LogP contribution in [-0.4, -0.2) is 47.2 Å². The van der Waals surface area contributed by atoms with Crippen molar-refractivity contribution in [3.63, 3.8) is 0 Å². The second-order valence-electron chi connectivity index (χ2n) is 7.08. The molecule has 1 aromatic heterocycles. The van der Waals surface area contributed by atoms with E-state index in [1.54, 1.807) is 37.3 Å². The van der Waals surface area contributed by atoms with E-state index >= 15 is 0 Å². The van der Waals surface area contributed by atoms with Crippen LogP contribution >= 0.6 is 0 Å². The van der Waals surface area contributed by atoms with Gasteiger partial charge in [0.1, 0.15) is 5.69 Å². The number of aromatic nitrogens is 2. The van der Waals surface area contributed by atoms with E-state index < -0.39 is 17.0 Å². The summed E-state index contributed by atoms with van der Waals surface area (Å²) in [5.41, 5.74) is 0.432. The average Bonchev–Trinajstić information content (AvgIpc) is 2.79. The molecule has 2 aromatic carbocycles. The fraction of sp³-hybridized carbons (Fsp3) is 0.286. The molecular formula is C21H20N4O6. The number of carbonyl (C=O) groups is 1. The number of para-hydroxylation sites is 1. The molecule has 1 N–H and O–H groups in total. The molecule has 0 bridgehead atoms. The molecule has 0 amide bonds. The van der Waals surface area contributed by atoms with Gasteiger partial charge in [-0.15, -0.1) is 0 Å². The zero-order chi connectivity index (χ0) is 22.0. The molecule has 0 spiro atoms. The predicted octanol–water partition coefficient (Wildman–Crippen LogP) is 2.59. The average molecular weight is 424 g/mol. The number of H-pyrrole nitrogens is 1. The minimum Gasteiger partial charge on any atom is -0.451 e. The van der Waals surface area contributed by atoms with Crippen LogP contribution in [0, 0.1) is 10.1 Å². The fourth-order valence-electron chi connectivity index (χ4n) is 3.45. The van der Waals surface area contributed by atoms with Gasteiger partial charge in [0.05, 0.1) is 34.6 Å². The Hall–Kier alpha value is -3.79. The van der Waals surface area contributed by atoms with Crippen LogP contribution in [0.4, 0.5) is 11.4 Å². The van der Waals surface area contributed by atoms with E-state index in [1.807, 2.05) is 4.90 Å². The molecule has 10 heteroatoms. The molecule has 0 aliphatic carbocycles. The molecule has 1 atom stereocenters. The number of morpholine rings is 1. The third-order valence-electron chi connectivity index (χ3n) is 5.06. The van der Waals surface area contributed by atoms with E-state index in [9.17, 15) is 19.7 Å². The van der Waals surface area contributed by atoms with Gasteiger partial charge in [0.25, 0.3) is 11.2 Å². The van der Waals surface area contributed by atoms with Crippen LogP contribution in [-0.2, 0) is 9.47 Å². The smallest absolute Gasteiger partial charge is 0.339 e. The van der Waals surface area contributed by atoms with Gasteiger partial charge < -0.3 is 19.4 Å². The number of hydrogen-bond acceptors (Lipinski definition) is 8. The predicted molar refractivity (Wildman–Crippen MR) is 112 cm³/mol. The highest BCUT2D eigenvalue weighted by Gasteiger charge is 2.25. The van der Waals surface area contributed by atoms with Gasteiger partial charge in [0.15, 0.2) is 11.9 Å². The van der Waals surface area contributed by atoms with Crippen LogP contribution in [0.15, 0.2) is 47.3 Å². The largest absolute Gasteiger partial charge is 0.451 e. The summed E-state index contributed by atoms with van der Waals surface area (Å²) in [7, 11) is 0. The van der Waals surface area contributed by atoms with E-state index in [0.29, 0.717) is 42.9 Å². The Bertz CT molecular complexity index is 1200. The first kappa shape index (κ1) is 20.5. The number of fused-ring (bicyclic) bond motifs is 1. The third kappa shape index (κ3) is 4.24. The molecule has 0 radical (unpaired) electrons. The van der Waals surface area contributed by atoms with Gasteiger partial charge in [-0.05, 0) is 31.2 Å². The molecule has 1 aliphatic heterocycles. The highest BCUT2D eigenvalue weighted by Crippen LogP contribution is 2.30. The summed E-state index contributed by atoms with van der Waals surface area (Å²) in [5, 5.41) is 12.0. The first-order chi connectivity index (χ1) is 14.9. The van der Waals surface area contributed by atoms with Crippen molar-refractivity contribution in [3.05, 3.63) is 74.3 Å². The molecule has 2 heterocycles. The van der Waals surface area contributed by atoms with Crippen LogP contribution in [0.5, 0.6) is 0 Å². The van der Waals surface area contributed by atoms with E-state index in [2.05, 4.69) is 9.97 Å². The number of carbonyl (C=O) groups excluding carboxylic acids is 1. The van der Waals surface area contributed by atoms with Crippen molar-refractivity contribution in [1.82, 2.24) is 9.97 Å². The van der Waals surface area contributed by atoms with Crippen molar-refractivity contribution in [3.8, 4) is 0 Å². The molecule has 3 aromatic rings. The van der Waals surface area contributed by atoms with Gasteiger partial charge in [0, 0.05) is 19.2 Å². The minimum atomic E-state index is -0.859. The van der Waals surface area contributed by atoms with Crippen LogP contribution in [0.3, 0.4) is 0 Å². The molecule has 160 valence electrons. The molecule has 0 unspecified atom stereocenters. The Labute approximate surface area is 176 Å². The van der Waals surface area contributed by atoms with Gasteiger partial charge in [-0.2, -0.15) is 0 Å². The van der Waals surface area contributed by atoms with Crippen LogP contribution < -0.4 is 10.5 Å². The van der Waals surface area contributed by atoms with Crippen molar-refractivity contribution < 1.29 is 19.2 Å². The highest BCUT2D eigenvalue weighted by molar-refractivity contribution is 5.91. The lowest BCUT2D eigenvalue weighted by Crippen LogP contribution is -2.36. The Morgan fingerprint density at radius 1 is 1.26 bits per heavy atom. The zero-order valence-electron chi connectivity index (χ0n) is 16.7. The Morgan fingerprint density at radius 2 is 2.00 bits per heavy atom. The molecule has 1 saturated heterocycles. The van der Waals surface area contributed by atoms with Crippen molar-refractivity contribution in [2.45, 2.75) is 13.0 Å². The number of aromatic amines is 1. The fourth-order valence-corrected chi connectivity index (χ4v) is 3.45. The second-order valence-corrected chi connectivity index (χ2v) is 7.08. The second kappa shape index (κ2) is 8.52. The van der Waals surface area contributed by atoms with Crippen LogP contribution in [0.1, 0.15) is 29.2 Å². The van der Waals surface area contributed by atoms with E-state index in [1.165, 1.54) is 12.1 Å². The Kier molecular flexibility index (Phi) is 5.63. The third-order valence-corrected chi connectivity index (χ3v) is 5.06. The molecule has 1 fully saturated rings. The van der Waals surface area contributed by atoms with Gasteiger partial charge >= 0.3 is 5.97 Å². The molecular weight excluding hydrogens is 404 g/mol. The van der Waals surface area contributed by atoms with Gasteiger partial charge in [-0.1, -0.05) is 12.1 Å². The van der Waals surface area contributed by atoms with Crippen molar-refractivity contribution in [2.24, 2.45) is 0 Å². The van der Waals surface area contributed by atoms with Crippen molar-refractivity contribution in [1.29, 1.82) is 0 Å². The normalized spacial score (nSPS) is 14.9. The lowest BCUT2D eigenvalue weighted by atomic mass is 10.1. The van der Waals surface area contributed by atoms with Gasteiger partial charge in [0.2, 0.25) is 0 Å². The molecule has 10 nitrogen and oxygen atoms in total. The van der Waals surface area contributed by atoms with Crippen molar-refractivity contribution in [2.75, 3.05) is 31.2 Å². The quantitative estimate of drug-likeness (QED) is 0.376.